The Morgan fingerprint density at radius 2 is 2.11 bits per heavy atom. The molecule has 1 aromatic carbocycles. The van der Waals surface area contributed by atoms with Crippen LogP contribution >= 0.6 is 27.5 Å². The van der Waals surface area contributed by atoms with Crippen molar-refractivity contribution >= 4 is 27.5 Å². The van der Waals surface area contributed by atoms with Crippen LogP contribution in [0.2, 0.25) is 5.02 Å². The number of hydrogen-bond acceptors (Lipinski definition) is 2. The first kappa shape index (κ1) is 13.5. The molecule has 0 atom stereocenters. The van der Waals surface area contributed by atoms with Gasteiger partial charge in [-0.15, -0.1) is 0 Å². The summed E-state index contributed by atoms with van der Waals surface area (Å²) in [6.45, 7) is 1.70. The molecule has 4 heteroatoms. The average Bonchev–Trinajstić information content (AvgIpc) is 2.40. The maximum atomic E-state index is 5.97. The topological polar surface area (TPSA) is 24.9 Å². The molecule has 0 saturated carbocycles. The van der Waals surface area contributed by atoms with Gasteiger partial charge >= 0.3 is 0 Å². The summed E-state index contributed by atoms with van der Waals surface area (Å²) in [4.78, 5) is 4.28. The fourth-order valence-corrected chi connectivity index (χ4v) is 2.25. The van der Waals surface area contributed by atoms with Crippen molar-refractivity contribution in [1.29, 1.82) is 0 Å². The summed E-state index contributed by atoms with van der Waals surface area (Å²) in [7, 11) is 0. The molecule has 94 valence electrons. The van der Waals surface area contributed by atoms with Crippen LogP contribution in [-0.4, -0.2) is 11.5 Å². The molecule has 0 amide bonds. The van der Waals surface area contributed by atoms with Gasteiger partial charge in [0, 0.05) is 40.9 Å². The number of benzene rings is 1. The van der Waals surface area contributed by atoms with Gasteiger partial charge in [-0.1, -0.05) is 33.6 Å². The van der Waals surface area contributed by atoms with Crippen LogP contribution in [0.15, 0.2) is 47.1 Å². The van der Waals surface area contributed by atoms with Gasteiger partial charge in [-0.3, -0.25) is 4.98 Å². The van der Waals surface area contributed by atoms with E-state index in [2.05, 4.69) is 26.2 Å². The Kier molecular flexibility index (Phi) is 5.17. The van der Waals surface area contributed by atoms with Gasteiger partial charge in [0.15, 0.2) is 0 Å². The molecule has 0 spiro atoms. The number of pyridine rings is 1. The van der Waals surface area contributed by atoms with Gasteiger partial charge in [-0.2, -0.15) is 0 Å². The van der Waals surface area contributed by atoms with E-state index in [9.17, 15) is 0 Å². The Labute approximate surface area is 121 Å². The van der Waals surface area contributed by atoms with Crippen molar-refractivity contribution in [2.45, 2.75) is 13.0 Å². The lowest BCUT2D eigenvalue weighted by molar-refractivity contribution is 0.678. The summed E-state index contributed by atoms with van der Waals surface area (Å²) in [5.41, 5.74) is 2.28. The molecular weight excluding hydrogens is 312 g/mol. The van der Waals surface area contributed by atoms with Gasteiger partial charge in [0.2, 0.25) is 0 Å². The molecule has 0 radical (unpaired) electrons. The molecule has 1 heterocycles. The highest BCUT2D eigenvalue weighted by Gasteiger charge is 2.00. The summed E-state index contributed by atoms with van der Waals surface area (Å²) >= 11 is 9.48. The number of nitrogens with zero attached hydrogens (tertiary/aromatic N) is 1. The van der Waals surface area contributed by atoms with E-state index in [1.165, 1.54) is 5.56 Å². The van der Waals surface area contributed by atoms with E-state index in [0.717, 1.165) is 34.7 Å². The highest BCUT2D eigenvalue weighted by atomic mass is 79.9. The first-order valence-electron chi connectivity index (χ1n) is 5.80. The summed E-state index contributed by atoms with van der Waals surface area (Å²) in [6, 6.07) is 11.8. The van der Waals surface area contributed by atoms with Crippen LogP contribution in [0.3, 0.4) is 0 Å². The maximum Gasteiger partial charge on any atom is 0.0416 e. The molecule has 0 saturated heterocycles. The fourth-order valence-electron chi connectivity index (χ4n) is 1.66. The lowest BCUT2D eigenvalue weighted by Gasteiger charge is -2.07. The Balaban J connectivity index is 1.80. The van der Waals surface area contributed by atoms with E-state index in [1.54, 1.807) is 0 Å². The standard InChI is InChI=1S/C14H14BrClN2/c15-14-5-4-12(16)9-11(14)10-17-8-6-13-3-1-2-7-18-13/h1-5,7,9,17H,6,8,10H2. The minimum absolute atomic E-state index is 0.764. The van der Waals surface area contributed by atoms with Crippen LogP contribution in [0.1, 0.15) is 11.3 Å². The molecule has 2 aromatic rings. The van der Waals surface area contributed by atoms with Gasteiger partial charge in [-0.25, -0.2) is 0 Å². The molecule has 2 rings (SSSR count). The number of hydrogen-bond donors (Lipinski definition) is 1. The molecule has 0 fully saturated rings. The molecule has 0 unspecified atom stereocenters. The van der Waals surface area contributed by atoms with E-state index in [0.29, 0.717) is 0 Å². The van der Waals surface area contributed by atoms with Crippen LogP contribution in [0, 0.1) is 0 Å². The predicted octanol–water partition coefficient (Wildman–Crippen LogP) is 3.83. The van der Waals surface area contributed by atoms with Gasteiger partial charge < -0.3 is 5.32 Å². The molecular formula is C14H14BrClN2. The van der Waals surface area contributed by atoms with Gasteiger partial charge in [0.25, 0.3) is 0 Å². The van der Waals surface area contributed by atoms with E-state index >= 15 is 0 Å². The minimum atomic E-state index is 0.764. The second kappa shape index (κ2) is 6.88. The zero-order valence-corrected chi connectivity index (χ0v) is 12.2. The van der Waals surface area contributed by atoms with Crippen molar-refractivity contribution in [2.24, 2.45) is 0 Å². The molecule has 2 nitrogen and oxygen atoms in total. The van der Waals surface area contributed by atoms with Crippen molar-refractivity contribution in [3.05, 3.63) is 63.3 Å². The fraction of sp³-hybridized carbons (Fsp3) is 0.214. The van der Waals surface area contributed by atoms with Crippen LogP contribution in [-0.2, 0) is 13.0 Å². The third kappa shape index (κ3) is 4.09. The summed E-state index contributed by atoms with van der Waals surface area (Å²) in [5, 5.41) is 4.15. The summed E-state index contributed by atoms with van der Waals surface area (Å²) < 4.78 is 1.08. The Morgan fingerprint density at radius 3 is 2.89 bits per heavy atom. The van der Waals surface area contributed by atoms with E-state index in [-0.39, 0.29) is 0 Å². The minimum Gasteiger partial charge on any atom is -0.312 e. The number of nitrogens with one attached hydrogen (secondary N) is 1. The summed E-state index contributed by atoms with van der Waals surface area (Å²) in [6.07, 6.45) is 2.75. The normalized spacial score (nSPS) is 10.6. The van der Waals surface area contributed by atoms with E-state index < -0.39 is 0 Å². The molecule has 18 heavy (non-hydrogen) atoms. The number of halogens is 2. The molecule has 0 bridgehead atoms. The van der Waals surface area contributed by atoms with Crippen LogP contribution < -0.4 is 5.32 Å². The third-order valence-corrected chi connectivity index (χ3v) is 3.62. The van der Waals surface area contributed by atoms with Gasteiger partial charge in [0.1, 0.15) is 0 Å². The lowest BCUT2D eigenvalue weighted by atomic mass is 10.2. The lowest BCUT2D eigenvalue weighted by Crippen LogP contribution is -2.17. The molecule has 0 aliphatic carbocycles. The zero-order chi connectivity index (χ0) is 12.8. The molecule has 0 aliphatic heterocycles. The average molecular weight is 326 g/mol. The van der Waals surface area contributed by atoms with Crippen LogP contribution in [0.4, 0.5) is 0 Å². The maximum absolute atomic E-state index is 5.97. The van der Waals surface area contributed by atoms with Crippen molar-refractivity contribution < 1.29 is 0 Å². The van der Waals surface area contributed by atoms with E-state index in [4.69, 9.17) is 11.6 Å². The monoisotopic (exact) mass is 324 g/mol. The zero-order valence-electron chi connectivity index (χ0n) is 9.87. The van der Waals surface area contributed by atoms with Crippen LogP contribution in [0.5, 0.6) is 0 Å². The Hall–Kier alpha value is -0.900. The first-order chi connectivity index (χ1) is 8.75. The number of aromatic nitrogens is 1. The first-order valence-corrected chi connectivity index (χ1v) is 6.97. The number of rotatable bonds is 5. The van der Waals surface area contributed by atoms with Gasteiger partial charge in [-0.05, 0) is 35.9 Å². The third-order valence-electron chi connectivity index (χ3n) is 2.61. The van der Waals surface area contributed by atoms with Gasteiger partial charge in [0.05, 0.1) is 0 Å². The van der Waals surface area contributed by atoms with Crippen LogP contribution in [0.25, 0.3) is 0 Å². The van der Waals surface area contributed by atoms with Crippen molar-refractivity contribution in [3.63, 3.8) is 0 Å². The molecule has 1 aromatic heterocycles. The van der Waals surface area contributed by atoms with Crippen molar-refractivity contribution in [1.82, 2.24) is 10.3 Å². The van der Waals surface area contributed by atoms with Crippen molar-refractivity contribution in [2.75, 3.05) is 6.54 Å². The largest absolute Gasteiger partial charge is 0.312 e. The Morgan fingerprint density at radius 1 is 1.22 bits per heavy atom. The molecule has 0 aliphatic rings. The molecule has 1 N–H and O–H groups in total. The smallest absolute Gasteiger partial charge is 0.0416 e. The van der Waals surface area contributed by atoms with E-state index in [1.807, 2.05) is 42.6 Å². The second-order valence-electron chi connectivity index (χ2n) is 3.98. The second-order valence-corrected chi connectivity index (χ2v) is 5.27. The quantitative estimate of drug-likeness (QED) is 0.845. The highest BCUT2D eigenvalue weighted by molar-refractivity contribution is 9.10. The summed E-state index contributed by atoms with van der Waals surface area (Å²) in [5.74, 6) is 0. The Bertz CT molecular complexity index is 502. The van der Waals surface area contributed by atoms with Crippen molar-refractivity contribution in [3.8, 4) is 0 Å². The predicted molar refractivity (Wildman–Crippen MR) is 78.8 cm³/mol. The highest BCUT2D eigenvalue weighted by Crippen LogP contribution is 2.20. The SMILES string of the molecule is Clc1ccc(Br)c(CNCCc2ccccn2)c1.